The van der Waals surface area contributed by atoms with E-state index in [0.717, 1.165) is 82.2 Å². The molecule has 1 amide bonds. The van der Waals surface area contributed by atoms with Crippen LogP contribution in [0.3, 0.4) is 0 Å². The van der Waals surface area contributed by atoms with Crippen molar-refractivity contribution in [2.24, 2.45) is 0 Å². The standard InChI is InChI=1S/C28H29N7O2S/c1-19-24(28-31-25(21-6-4-3-5-7-21)26(38-28)27-29-9-10-30-27)23-18-22(8-11-35(23)32-19)37-17-16-33-12-14-34(15-13-33)20(2)36/h3-11,18H,12-17H2,1-2H3,(H,29,30). The van der Waals surface area contributed by atoms with Crippen LogP contribution in [0, 0.1) is 6.92 Å². The molecular formula is C28H29N7O2S. The monoisotopic (exact) mass is 527 g/mol. The van der Waals surface area contributed by atoms with Crippen molar-refractivity contribution < 1.29 is 9.53 Å². The van der Waals surface area contributed by atoms with Crippen molar-refractivity contribution in [2.45, 2.75) is 13.8 Å². The number of amides is 1. The number of aromatic amines is 1. The van der Waals surface area contributed by atoms with Gasteiger partial charge in [-0.05, 0) is 13.0 Å². The van der Waals surface area contributed by atoms with Crippen LogP contribution in [0.4, 0.5) is 0 Å². The summed E-state index contributed by atoms with van der Waals surface area (Å²) in [5, 5.41) is 5.64. The van der Waals surface area contributed by atoms with Crippen molar-refractivity contribution in [1.82, 2.24) is 34.4 Å². The van der Waals surface area contributed by atoms with Crippen LogP contribution in [0.25, 0.3) is 38.0 Å². The van der Waals surface area contributed by atoms with Crippen LogP contribution in [-0.4, -0.2) is 79.6 Å². The van der Waals surface area contributed by atoms with E-state index < -0.39 is 0 Å². The third-order valence-electron chi connectivity index (χ3n) is 6.88. The van der Waals surface area contributed by atoms with E-state index in [1.54, 1.807) is 24.5 Å². The number of H-pyrrole nitrogens is 1. The van der Waals surface area contributed by atoms with Crippen molar-refractivity contribution in [3.05, 3.63) is 66.7 Å². The van der Waals surface area contributed by atoms with Gasteiger partial charge in [-0.15, -0.1) is 11.3 Å². The van der Waals surface area contributed by atoms with Crippen molar-refractivity contribution in [1.29, 1.82) is 0 Å². The first-order valence-electron chi connectivity index (χ1n) is 12.7. The van der Waals surface area contributed by atoms with E-state index >= 15 is 0 Å². The summed E-state index contributed by atoms with van der Waals surface area (Å²) < 4.78 is 8.04. The van der Waals surface area contributed by atoms with Crippen LogP contribution in [0.1, 0.15) is 12.6 Å². The number of aryl methyl sites for hydroxylation is 1. The number of ether oxygens (including phenoxy) is 1. The molecule has 0 saturated carbocycles. The number of nitrogens with one attached hydrogen (secondary N) is 1. The summed E-state index contributed by atoms with van der Waals surface area (Å²) in [6, 6.07) is 14.2. The molecule has 1 saturated heterocycles. The molecule has 0 spiro atoms. The minimum atomic E-state index is 0.147. The van der Waals surface area contributed by atoms with E-state index in [-0.39, 0.29) is 5.91 Å². The Morgan fingerprint density at radius 1 is 1.13 bits per heavy atom. The van der Waals surface area contributed by atoms with Crippen molar-refractivity contribution in [3.8, 4) is 38.3 Å². The van der Waals surface area contributed by atoms with Gasteiger partial charge in [-0.1, -0.05) is 30.3 Å². The molecule has 0 unspecified atom stereocenters. The average molecular weight is 528 g/mol. The van der Waals surface area contributed by atoms with Gasteiger partial charge in [-0.25, -0.2) is 14.5 Å². The van der Waals surface area contributed by atoms with Gasteiger partial charge >= 0.3 is 0 Å². The second kappa shape index (κ2) is 10.4. The molecule has 9 nitrogen and oxygen atoms in total. The number of hydrogen-bond acceptors (Lipinski definition) is 7. The molecule has 4 aromatic heterocycles. The summed E-state index contributed by atoms with van der Waals surface area (Å²) in [7, 11) is 0. The lowest BCUT2D eigenvalue weighted by atomic mass is 10.1. The number of imidazole rings is 1. The van der Waals surface area contributed by atoms with Crippen LogP contribution >= 0.6 is 11.3 Å². The van der Waals surface area contributed by atoms with E-state index in [1.807, 2.05) is 59.1 Å². The number of nitrogens with zero attached hydrogens (tertiary/aromatic N) is 6. The molecule has 194 valence electrons. The summed E-state index contributed by atoms with van der Waals surface area (Å²) in [6.45, 7) is 8.35. The van der Waals surface area contributed by atoms with Gasteiger partial charge in [-0.2, -0.15) is 5.10 Å². The fraction of sp³-hybridized carbons (Fsp3) is 0.286. The fourth-order valence-corrected chi connectivity index (χ4v) is 6.00. The van der Waals surface area contributed by atoms with Gasteiger partial charge in [0.25, 0.3) is 0 Å². The van der Waals surface area contributed by atoms with E-state index in [0.29, 0.717) is 6.61 Å². The third kappa shape index (κ3) is 4.80. The summed E-state index contributed by atoms with van der Waals surface area (Å²) >= 11 is 1.61. The van der Waals surface area contributed by atoms with E-state index in [9.17, 15) is 4.79 Å². The Hall–Kier alpha value is -4.02. The lowest BCUT2D eigenvalue weighted by Gasteiger charge is -2.34. The molecule has 1 aromatic carbocycles. The minimum Gasteiger partial charge on any atom is -0.492 e. The second-order valence-electron chi connectivity index (χ2n) is 9.35. The normalized spacial score (nSPS) is 14.3. The Morgan fingerprint density at radius 2 is 1.95 bits per heavy atom. The van der Waals surface area contributed by atoms with Crippen LogP contribution in [-0.2, 0) is 4.79 Å². The lowest BCUT2D eigenvalue weighted by Crippen LogP contribution is -2.48. The minimum absolute atomic E-state index is 0.147. The van der Waals surface area contributed by atoms with Gasteiger partial charge in [0.1, 0.15) is 23.2 Å². The maximum atomic E-state index is 11.6. The molecule has 5 heterocycles. The molecule has 10 heteroatoms. The van der Waals surface area contributed by atoms with Gasteiger partial charge in [0.05, 0.1) is 27.3 Å². The molecule has 0 bridgehead atoms. The molecule has 1 aliphatic heterocycles. The molecule has 1 N–H and O–H groups in total. The Bertz CT molecular complexity index is 1550. The number of hydrogen-bond donors (Lipinski definition) is 1. The molecule has 1 fully saturated rings. The molecule has 5 aromatic rings. The molecule has 38 heavy (non-hydrogen) atoms. The number of benzene rings is 1. The SMILES string of the molecule is CC(=O)N1CCN(CCOc2ccn3nc(C)c(-c4nc(-c5ccccc5)c(-c5ncc[nH]5)s4)c3c2)CC1. The number of carbonyl (C=O) groups is 1. The van der Waals surface area contributed by atoms with Crippen LogP contribution in [0.5, 0.6) is 5.75 Å². The van der Waals surface area contributed by atoms with Crippen LogP contribution < -0.4 is 4.74 Å². The summed E-state index contributed by atoms with van der Waals surface area (Å²) in [4.78, 5) is 29.6. The highest BCUT2D eigenvalue weighted by molar-refractivity contribution is 7.19. The van der Waals surface area contributed by atoms with Gasteiger partial charge in [0.15, 0.2) is 0 Å². The Morgan fingerprint density at radius 3 is 2.68 bits per heavy atom. The summed E-state index contributed by atoms with van der Waals surface area (Å²) in [5.41, 5.74) is 4.80. The van der Waals surface area contributed by atoms with Crippen molar-refractivity contribution >= 4 is 22.8 Å². The van der Waals surface area contributed by atoms with Crippen LogP contribution in [0.2, 0.25) is 0 Å². The van der Waals surface area contributed by atoms with E-state index in [4.69, 9.17) is 14.8 Å². The highest BCUT2D eigenvalue weighted by atomic mass is 32.1. The number of thiazole rings is 1. The first kappa shape index (κ1) is 24.3. The number of aromatic nitrogens is 5. The number of fused-ring (bicyclic) bond motifs is 1. The highest BCUT2D eigenvalue weighted by Gasteiger charge is 2.22. The largest absolute Gasteiger partial charge is 0.492 e. The molecule has 0 radical (unpaired) electrons. The van der Waals surface area contributed by atoms with Crippen molar-refractivity contribution in [2.75, 3.05) is 39.3 Å². The molecule has 1 aliphatic rings. The average Bonchev–Trinajstić information content (AvgIpc) is 3.67. The fourth-order valence-electron chi connectivity index (χ4n) is 4.85. The van der Waals surface area contributed by atoms with Crippen LogP contribution in [0.15, 0.2) is 61.1 Å². The number of pyridine rings is 1. The maximum Gasteiger partial charge on any atom is 0.219 e. The zero-order valence-electron chi connectivity index (χ0n) is 21.4. The Balaban J connectivity index is 1.26. The summed E-state index contributed by atoms with van der Waals surface area (Å²) in [5.74, 6) is 1.75. The summed E-state index contributed by atoms with van der Waals surface area (Å²) in [6.07, 6.45) is 5.53. The van der Waals surface area contributed by atoms with E-state index in [2.05, 4.69) is 27.0 Å². The number of rotatable bonds is 7. The van der Waals surface area contributed by atoms with Gasteiger partial charge in [0.2, 0.25) is 5.91 Å². The lowest BCUT2D eigenvalue weighted by molar-refractivity contribution is -0.130. The Labute approximate surface area is 224 Å². The first-order chi connectivity index (χ1) is 18.6. The topological polar surface area (TPSA) is 91.7 Å². The molecular weight excluding hydrogens is 498 g/mol. The van der Waals surface area contributed by atoms with Gasteiger partial charge in [-0.3, -0.25) is 9.69 Å². The number of carbonyl (C=O) groups excluding carboxylic acids is 1. The first-order valence-corrected chi connectivity index (χ1v) is 13.5. The van der Waals surface area contributed by atoms with Crippen molar-refractivity contribution in [3.63, 3.8) is 0 Å². The van der Waals surface area contributed by atoms with Gasteiger partial charge < -0.3 is 14.6 Å². The third-order valence-corrected chi connectivity index (χ3v) is 7.96. The Kier molecular flexibility index (Phi) is 6.65. The maximum absolute atomic E-state index is 11.6. The number of piperazine rings is 1. The molecule has 0 aliphatic carbocycles. The second-order valence-corrected chi connectivity index (χ2v) is 10.3. The van der Waals surface area contributed by atoms with Gasteiger partial charge in [0, 0.05) is 69.9 Å². The predicted molar refractivity (Wildman–Crippen MR) is 148 cm³/mol. The van der Waals surface area contributed by atoms with E-state index in [1.165, 1.54) is 0 Å². The zero-order valence-corrected chi connectivity index (χ0v) is 22.2. The zero-order chi connectivity index (χ0) is 26.1. The molecule has 6 rings (SSSR count). The molecule has 0 atom stereocenters. The smallest absolute Gasteiger partial charge is 0.219 e. The highest BCUT2D eigenvalue weighted by Crippen LogP contribution is 2.41. The quantitative estimate of drug-likeness (QED) is 0.338. The predicted octanol–water partition coefficient (Wildman–Crippen LogP) is 4.37.